The number of Topliss-reactive ketones (excluding diaryl/α,β-unsaturated/α-hetero) is 1. The minimum absolute atomic E-state index is 0.126. The molecular weight excluding hydrogens is 274 g/mol. The Morgan fingerprint density at radius 3 is 2.50 bits per heavy atom. The monoisotopic (exact) mass is 295 g/mol. The maximum absolute atomic E-state index is 13.1. The number of carbonyl (C=O) groups excluding carboxylic acids is 1. The van der Waals surface area contributed by atoms with Gasteiger partial charge >= 0.3 is 0 Å². The third-order valence-corrected chi connectivity index (χ3v) is 5.31. The fourth-order valence-corrected chi connectivity index (χ4v) is 3.97. The number of hydrogen-bond donors (Lipinski definition) is 0. The molecule has 2 atom stereocenters. The SMILES string of the molecule is CN1C2COCC1CC(C(=O)c1cccc3ccccc13)C2. The summed E-state index contributed by atoms with van der Waals surface area (Å²) in [5, 5.41) is 2.22. The largest absolute Gasteiger partial charge is 0.378 e. The fraction of sp³-hybridized carbons (Fsp3) is 0.421. The first-order chi connectivity index (χ1) is 10.7. The molecule has 4 rings (SSSR count). The Morgan fingerprint density at radius 2 is 1.73 bits per heavy atom. The van der Waals surface area contributed by atoms with Crippen LogP contribution in [-0.2, 0) is 4.74 Å². The molecule has 2 aromatic rings. The third-order valence-electron chi connectivity index (χ3n) is 5.31. The normalized spacial score (nSPS) is 28.7. The predicted molar refractivity (Wildman–Crippen MR) is 87.2 cm³/mol. The number of rotatable bonds is 2. The highest BCUT2D eigenvalue weighted by Crippen LogP contribution is 2.33. The van der Waals surface area contributed by atoms with Gasteiger partial charge in [0.25, 0.3) is 0 Å². The molecule has 0 N–H and O–H groups in total. The van der Waals surface area contributed by atoms with Crippen molar-refractivity contribution in [3.05, 3.63) is 48.0 Å². The molecule has 0 spiro atoms. The van der Waals surface area contributed by atoms with Gasteiger partial charge in [-0.25, -0.2) is 0 Å². The molecule has 0 aliphatic carbocycles. The smallest absolute Gasteiger partial charge is 0.166 e. The number of ether oxygens (including phenoxy) is 1. The fourth-order valence-electron chi connectivity index (χ4n) is 3.97. The number of nitrogens with zero attached hydrogens (tertiary/aromatic N) is 1. The second-order valence-corrected chi connectivity index (χ2v) is 6.57. The summed E-state index contributed by atoms with van der Waals surface area (Å²) < 4.78 is 5.66. The lowest BCUT2D eigenvalue weighted by atomic mass is 9.80. The second-order valence-electron chi connectivity index (χ2n) is 6.57. The lowest BCUT2D eigenvalue weighted by Crippen LogP contribution is -2.55. The van der Waals surface area contributed by atoms with Gasteiger partial charge < -0.3 is 4.74 Å². The van der Waals surface area contributed by atoms with Gasteiger partial charge in [0.15, 0.2) is 5.78 Å². The summed E-state index contributed by atoms with van der Waals surface area (Å²) in [7, 11) is 2.16. The highest BCUT2D eigenvalue weighted by molar-refractivity contribution is 6.09. The predicted octanol–water partition coefficient (Wildman–Crippen LogP) is 3.13. The number of benzene rings is 2. The van der Waals surface area contributed by atoms with Gasteiger partial charge in [0.05, 0.1) is 13.2 Å². The Kier molecular flexibility index (Phi) is 3.47. The molecule has 3 heteroatoms. The molecule has 2 fully saturated rings. The lowest BCUT2D eigenvalue weighted by molar-refractivity contribution is -0.0702. The maximum Gasteiger partial charge on any atom is 0.166 e. The number of fused-ring (bicyclic) bond motifs is 3. The van der Waals surface area contributed by atoms with Gasteiger partial charge in [-0.15, -0.1) is 0 Å². The van der Waals surface area contributed by atoms with Gasteiger partial charge in [-0.2, -0.15) is 0 Å². The first-order valence-corrected chi connectivity index (χ1v) is 8.05. The van der Waals surface area contributed by atoms with E-state index in [0.717, 1.165) is 42.4 Å². The highest BCUT2D eigenvalue weighted by atomic mass is 16.5. The quantitative estimate of drug-likeness (QED) is 0.797. The van der Waals surface area contributed by atoms with E-state index in [1.165, 1.54) is 0 Å². The summed E-state index contributed by atoms with van der Waals surface area (Å²) in [4.78, 5) is 15.5. The van der Waals surface area contributed by atoms with Crippen LogP contribution in [0.5, 0.6) is 0 Å². The topological polar surface area (TPSA) is 29.5 Å². The third kappa shape index (κ3) is 2.25. The minimum atomic E-state index is 0.126. The summed E-state index contributed by atoms with van der Waals surface area (Å²) in [6.07, 6.45) is 1.82. The Labute approximate surface area is 130 Å². The Balaban J connectivity index is 1.66. The van der Waals surface area contributed by atoms with Crippen LogP contribution in [0.3, 0.4) is 0 Å². The molecule has 2 saturated heterocycles. The van der Waals surface area contributed by atoms with Gasteiger partial charge in [-0.3, -0.25) is 9.69 Å². The van der Waals surface area contributed by atoms with Crippen LogP contribution in [0.4, 0.5) is 0 Å². The zero-order valence-electron chi connectivity index (χ0n) is 12.9. The van der Waals surface area contributed by atoms with Crippen LogP contribution in [0.1, 0.15) is 23.2 Å². The Morgan fingerprint density at radius 1 is 1.05 bits per heavy atom. The first kappa shape index (κ1) is 13.9. The molecule has 3 nitrogen and oxygen atoms in total. The molecule has 2 aliphatic heterocycles. The summed E-state index contributed by atoms with van der Waals surface area (Å²) >= 11 is 0. The first-order valence-electron chi connectivity index (χ1n) is 8.05. The Bertz CT molecular complexity index is 692. The van der Waals surface area contributed by atoms with Gasteiger partial charge in [0.2, 0.25) is 0 Å². The lowest BCUT2D eigenvalue weighted by Gasteiger charge is -2.46. The summed E-state index contributed by atoms with van der Waals surface area (Å²) in [5.74, 6) is 0.433. The molecule has 2 unspecified atom stereocenters. The van der Waals surface area contributed by atoms with E-state index < -0.39 is 0 Å². The average Bonchev–Trinajstić information content (AvgIpc) is 2.53. The molecule has 0 amide bonds. The van der Waals surface area contributed by atoms with E-state index in [0.29, 0.717) is 17.9 Å². The molecule has 2 bridgehead atoms. The second kappa shape index (κ2) is 5.49. The minimum Gasteiger partial charge on any atom is -0.378 e. The van der Waals surface area contributed by atoms with E-state index in [-0.39, 0.29) is 5.92 Å². The molecule has 0 saturated carbocycles. The Hall–Kier alpha value is -1.71. The van der Waals surface area contributed by atoms with Crippen molar-refractivity contribution in [3.8, 4) is 0 Å². The van der Waals surface area contributed by atoms with E-state index >= 15 is 0 Å². The molecule has 2 aromatic carbocycles. The van der Waals surface area contributed by atoms with Gasteiger partial charge in [-0.05, 0) is 30.7 Å². The molecule has 2 heterocycles. The van der Waals surface area contributed by atoms with Gasteiger partial charge in [0.1, 0.15) is 0 Å². The van der Waals surface area contributed by atoms with Crippen molar-refractivity contribution in [1.29, 1.82) is 0 Å². The molecule has 114 valence electrons. The molecule has 22 heavy (non-hydrogen) atoms. The number of piperidine rings is 1. The highest BCUT2D eigenvalue weighted by Gasteiger charge is 2.39. The van der Waals surface area contributed by atoms with Crippen molar-refractivity contribution >= 4 is 16.6 Å². The van der Waals surface area contributed by atoms with Gasteiger partial charge in [0, 0.05) is 23.6 Å². The average molecular weight is 295 g/mol. The summed E-state index contributed by atoms with van der Waals surface area (Å²) in [6, 6.07) is 15.0. The van der Waals surface area contributed by atoms with Crippen LogP contribution in [0.25, 0.3) is 10.8 Å². The van der Waals surface area contributed by atoms with Crippen LogP contribution in [0.2, 0.25) is 0 Å². The van der Waals surface area contributed by atoms with Crippen LogP contribution in [0, 0.1) is 5.92 Å². The number of ketones is 1. The zero-order valence-corrected chi connectivity index (χ0v) is 12.9. The van der Waals surface area contributed by atoms with Crippen LogP contribution < -0.4 is 0 Å². The molecule has 0 aromatic heterocycles. The van der Waals surface area contributed by atoms with E-state index in [4.69, 9.17) is 4.74 Å². The van der Waals surface area contributed by atoms with Crippen molar-refractivity contribution in [2.24, 2.45) is 5.92 Å². The van der Waals surface area contributed by atoms with E-state index in [2.05, 4.69) is 30.1 Å². The summed E-state index contributed by atoms with van der Waals surface area (Å²) in [6.45, 7) is 1.51. The van der Waals surface area contributed by atoms with Crippen LogP contribution in [0.15, 0.2) is 42.5 Å². The van der Waals surface area contributed by atoms with E-state index in [9.17, 15) is 4.79 Å². The molecule has 0 radical (unpaired) electrons. The maximum atomic E-state index is 13.1. The van der Waals surface area contributed by atoms with Gasteiger partial charge in [-0.1, -0.05) is 42.5 Å². The van der Waals surface area contributed by atoms with Crippen molar-refractivity contribution in [3.63, 3.8) is 0 Å². The zero-order chi connectivity index (χ0) is 15.1. The van der Waals surface area contributed by atoms with Crippen LogP contribution in [-0.4, -0.2) is 43.0 Å². The number of hydrogen-bond acceptors (Lipinski definition) is 3. The van der Waals surface area contributed by atoms with Crippen molar-refractivity contribution in [2.75, 3.05) is 20.3 Å². The van der Waals surface area contributed by atoms with Crippen molar-refractivity contribution in [2.45, 2.75) is 24.9 Å². The number of carbonyl (C=O) groups is 1. The van der Waals surface area contributed by atoms with Crippen molar-refractivity contribution in [1.82, 2.24) is 4.90 Å². The van der Waals surface area contributed by atoms with Crippen LogP contribution >= 0.6 is 0 Å². The van der Waals surface area contributed by atoms with Crippen molar-refractivity contribution < 1.29 is 9.53 Å². The standard InChI is InChI=1S/C19H21NO2/c1-20-15-9-14(10-16(20)12-22-11-15)19(21)18-8-4-6-13-5-2-3-7-17(13)18/h2-8,14-16H,9-12H2,1H3. The van der Waals surface area contributed by atoms with E-state index in [1.807, 2.05) is 24.3 Å². The molecule has 2 aliphatic rings. The summed E-state index contributed by atoms with van der Waals surface area (Å²) in [5.41, 5.74) is 0.881. The number of morpholine rings is 1. The number of likely N-dealkylation sites (N-methyl/N-ethyl adjacent to an activating group) is 1. The molecular formula is C19H21NO2. The van der Waals surface area contributed by atoms with E-state index in [1.54, 1.807) is 0 Å².